The maximum absolute atomic E-state index is 13.4. The lowest BCUT2D eigenvalue weighted by Gasteiger charge is -2.16. The Kier molecular flexibility index (Phi) is 4.13. The van der Waals surface area contributed by atoms with E-state index in [-0.39, 0.29) is 5.82 Å². The third-order valence-corrected chi connectivity index (χ3v) is 3.51. The van der Waals surface area contributed by atoms with Crippen molar-refractivity contribution >= 4 is 0 Å². The van der Waals surface area contributed by atoms with Crippen LogP contribution in [0.15, 0.2) is 18.2 Å². The summed E-state index contributed by atoms with van der Waals surface area (Å²) >= 11 is 0. The summed E-state index contributed by atoms with van der Waals surface area (Å²) in [5.41, 5.74) is 1.81. The van der Waals surface area contributed by atoms with Crippen molar-refractivity contribution < 1.29 is 4.39 Å². The predicted molar refractivity (Wildman–Crippen MR) is 68.4 cm³/mol. The SMILES string of the molecule is CNCC1CCN(Cc2ccc(C)c(F)c2)C1. The van der Waals surface area contributed by atoms with E-state index < -0.39 is 0 Å². The van der Waals surface area contributed by atoms with Crippen molar-refractivity contribution in [1.82, 2.24) is 10.2 Å². The first-order valence-corrected chi connectivity index (χ1v) is 6.31. The zero-order valence-corrected chi connectivity index (χ0v) is 10.7. The van der Waals surface area contributed by atoms with Crippen LogP contribution in [-0.4, -0.2) is 31.6 Å². The molecule has 0 radical (unpaired) electrons. The molecule has 1 aliphatic rings. The highest BCUT2D eigenvalue weighted by atomic mass is 19.1. The van der Waals surface area contributed by atoms with Gasteiger partial charge in [0.25, 0.3) is 0 Å². The molecule has 0 aliphatic carbocycles. The van der Waals surface area contributed by atoms with E-state index in [1.165, 1.54) is 6.42 Å². The average Bonchev–Trinajstić information content (AvgIpc) is 2.72. The Morgan fingerprint density at radius 1 is 1.47 bits per heavy atom. The van der Waals surface area contributed by atoms with Crippen LogP contribution in [0.5, 0.6) is 0 Å². The van der Waals surface area contributed by atoms with E-state index in [2.05, 4.69) is 10.2 Å². The Morgan fingerprint density at radius 2 is 2.29 bits per heavy atom. The minimum absolute atomic E-state index is 0.0894. The molecule has 1 saturated heterocycles. The fraction of sp³-hybridized carbons (Fsp3) is 0.571. The molecule has 1 aromatic carbocycles. The van der Waals surface area contributed by atoms with Crippen molar-refractivity contribution in [2.75, 3.05) is 26.7 Å². The van der Waals surface area contributed by atoms with Gasteiger partial charge in [-0.25, -0.2) is 4.39 Å². The van der Waals surface area contributed by atoms with Gasteiger partial charge in [0.1, 0.15) is 5.82 Å². The molecule has 17 heavy (non-hydrogen) atoms. The van der Waals surface area contributed by atoms with Crippen LogP contribution in [-0.2, 0) is 6.54 Å². The van der Waals surface area contributed by atoms with Crippen molar-refractivity contribution in [1.29, 1.82) is 0 Å². The fourth-order valence-electron chi connectivity index (χ4n) is 2.50. The van der Waals surface area contributed by atoms with Crippen LogP contribution in [0, 0.1) is 18.7 Å². The van der Waals surface area contributed by atoms with Gasteiger partial charge in [-0.15, -0.1) is 0 Å². The normalized spacial score (nSPS) is 21.0. The van der Waals surface area contributed by atoms with Gasteiger partial charge >= 0.3 is 0 Å². The Balaban J connectivity index is 1.91. The number of aryl methyl sites for hydroxylation is 1. The number of hydrogen-bond acceptors (Lipinski definition) is 2. The summed E-state index contributed by atoms with van der Waals surface area (Å²) in [4.78, 5) is 2.41. The van der Waals surface area contributed by atoms with Gasteiger partial charge in [-0.05, 0) is 56.6 Å². The quantitative estimate of drug-likeness (QED) is 0.862. The molecule has 2 rings (SSSR count). The highest BCUT2D eigenvalue weighted by Gasteiger charge is 2.21. The molecule has 0 spiro atoms. The largest absolute Gasteiger partial charge is 0.319 e. The summed E-state index contributed by atoms with van der Waals surface area (Å²) in [6.07, 6.45) is 1.25. The first-order chi connectivity index (χ1) is 8.19. The average molecular weight is 236 g/mol. The molecule has 1 fully saturated rings. The summed E-state index contributed by atoms with van der Waals surface area (Å²) in [5, 5.41) is 3.22. The topological polar surface area (TPSA) is 15.3 Å². The zero-order valence-electron chi connectivity index (χ0n) is 10.7. The lowest BCUT2D eigenvalue weighted by atomic mass is 10.1. The van der Waals surface area contributed by atoms with Gasteiger partial charge in [0, 0.05) is 13.1 Å². The van der Waals surface area contributed by atoms with Gasteiger partial charge in [-0.1, -0.05) is 12.1 Å². The smallest absolute Gasteiger partial charge is 0.126 e. The minimum atomic E-state index is -0.0894. The monoisotopic (exact) mass is 236 g/mol. The Hall–Kier alpha value is -0.930. The summed E-state index contributed by atoms with van der Waals surface area (Å²) in [6.45, 7) is 6.01. The lowest BCUT2D eigenvalue weighted by Crippen LogP contribution is -2.24. The second-order valence-corrected chi connectivity index (χ2v) is 5.03. The summed E-state index contributed by atoms with van der Waals surface area (Å²) < 4.78 is 13.4. The molecule has 0 aromatic heterocycles. The van der Waals surface area contributed by atoms with Crippen molar-refractivity contribution in [2.45, 2.75) is 19.9 Å². The Bertz CT molecular complexity index is 378. The lowest BCUT2D eigenvalue weighted by molar-refractivity contribution is 0.315. The van der Waals surface area contributed by atoms with Gasteiger partial charge in [0.2, 0.25) is 0 Å². The number of nitrogens with zero attached hydrogens (tertiary/aromatic N) is 1. The molecule has 1 unspecified atom stereocenters. The van der Waals surface area contributed by atoms with Gasteiger partial charge in [0.15, 0.2) is 0 Å². The van der Waals surface area contributed by atoms with Crippen molar-refractivity contribution in [3.8, 4) is 0 Å². The molecule has 1 heterocycles. The standard InChI is InChI=1S/C14H21FN2/c1-11-3-4-12(7-14(11)15)9-17-6-5-13(10-17)8-16-2/h3-4,7,13,16H,5-6,8-10H2,1-2H3. The molecular weight excluding hydrogens is 215 g/mol. The van der Waals surface area contributed by atoms with Crippen LogP contribution in [0.2, 0.25) is 0 Å². The van der Waals surface area contributed by atoms with Crippen molar-refractivity contribution in [2.24, 2.45) is 5.92 Å². The molecule has 3 heteroatoms. The maximum Gasteiger partial charge on any atom is 0.126 e. The summed E-state index contributed by atoms with van der Waals surface area (Å²) in [6, 6.07) is 5.57. The molecular formula is C14H21FN2. The first kappa shape index (κ1) is 12.5. The van der Waals surface area contributed by atoms with E-state index in [9.17, 15) is 4.39 Å². The van der Waals surface area contributed by atoms with Gasteiger partial charge in [-0.2, -0.15) is 0 Å². The van der Waals surface area contributed by atoms with Crippen LogP contribution in [0.3, 0.4) is 0 Å². The Labute approximate surface area is 103 Å². The first-order valence-electron chi connectivity index (χ1n) is 6.31. The van der Waals surface area contributed by atoms with Crippen molar-refractivity contribution in [3.05, 3.63) is 35.1 Å². The van der Waals surface area contributed by atoms with E-state index in [0.29, 0.717) is 0 Å². The third-order valence-electron chi connectivity index (χ3n) is 3.51. The molecule has 1 aliphatic heterocycles. The highest BCUT2D eigenvalue weighted by Crippen LogP contribution is 2.19. The number of nitrogens with one attached hydrogen (secondary N) is 1. The Morgan fingerprint density at radius 3 is 3.00 bits per heavy atom. The molecule has 1 atom stereocenters. The maximum atomic E-state index is 13.4. The summed E-state index contributed by atoms with van der Waals surface area (Å²) in [7, 11) is 2.00. The second kappa shape index (κ2) is 5.61. The number of rotatable bonds is 4. The second-order valence-electron chi connectivity index (χ2n) is 5.03. The van der Waals surface area contributed by atoms with Crippen LogP contribution in [0.4, 0.5) is 4.39 Å². The fourth-order valence-corrected chi connectivity index (χ4v) is 2.50. The van der Waals surface area contributed by atoms with E-state index in [1.54, 1.807) is 13.0 Å². The van der Waals surface area contributed by atoms with Crippen LogP contribution >= 0.6 is 0 Å². The van der Waals surface area contributed by atoms with Crippen molar-refractivity contribution in [3.63, 3.8) is 0 Å². The molecule has 0 saturated carbocycles. The zero-order chi connectivity index (χ0) is 12.3. The van der Waals surface area contributed by atoms with E-state index >= 15 is 0 Å². The number of hydrogen-bond donors (Lipinski definition) is 1. The molecule has 1 aromatic rings. The van der Waals surface area contributed by atoms with Crippen LogP contribution in [0.25, 0.3) is 0 Å². The van der Waals surface area contributed by atoms with E-state index in [0.717, 1.165) is 43.2 Å². The third kappa shape index (κ3) is 3.27. The predicted octanol–water partition coefficient (Wildman–Crippen LogP) is 2.18. The number of halogens is 1. The molecule has 0 bridgehead atoms. The van der Waals surface area contributed by atoms with Crippen LogP contribution in [0.1, 0.15) is 17.5 Å². The molecule has 94 valence electrons. The molecule has 1 N–H and O–H groups in total. The van der Waals surface area contributed by atoms with E-state index in [4.69, 9.17) is 0 Å². The van der Waals surface area contributed by atoms with Gasteiger partial charge in [-0.3, -0.25) is 4.90 Å². The van der Waals surface area contributed by atoms with Crippen LogP contribution < -0.4 is 5.32 Å². The van der Waals surface area contributed by atoms with Gasteiger partial charge in [0.05, 0.1) is 0 Å². The van der Waals surface area contributed by atoms with E-state index in [1.807, 2.05) is 19.2 Å². The minimum Gasteiger partial charge on any atom is -0.319 e. The summed E-state index contributed by atoms with van der Waals surface area (Å²) in [5.74, 6) is 0.656. The number of likely N-dealkylation sites (tertiary alicyclic amines) is 1. The molecule has 2 nitrogen and oxygen atoms in total. The number of benzene rings is 1. The highest BCUT2D eigenvalue weighted by molar-refractivity contribution is 5.23. The van der Waals surface area contributed by atoms with Gasteiger partial charge < -0.3 is 5.32 Å². The molecule has 0 amide bonds.